The fourth-order valence-electron chi connectivity index (χ4n) is 2.85. The number of para-hydroxylation sites is 1. The Balaban J connectivity index is 2.09. The van der Waals surface area contributed by atoms with E-state index in [0.717, 1.165) is 21.3 Å². The molecule has 3 aromatic rings. The van der Waals surface area contributed by atoms with Crippen LogP contribution in [0.1, 0.15) is 38.1 Å². The number of amides is 1. The molecular formula is C22H25ClN4O2S. The van der Waals surface area contributed by atoms with Gasteiger partial charge in [0, 0.05) is 18.7 Å². The molecule has 1 N–H and O–H groups in total. The first-order valence-corrected chi connectivity index (χ1v) is 10.7. The smallest absolute Gasteiger partial charge is 0.407 e. The number of nitrogens with zero attached hydrogens (tertiary/aromatic N) is 3. The summed E-state index contributed by atoms with van der Waals surface area (Å²) in [5.74, 6) is 0. The molecule has 3 rings (SSSR count). The first kappa shape index (κ1) is 22.2. The number of hydrogen-bond donors (Lipinski definition) is 1. The van der Waals surface area contributed by atoms with E-state index in [-0.39, 0.29) is 5.41 Å². The number of carbonyl (C=O) groups is 1. The van der Waals surface area contributed by atoms with Gasteiger partial charge in [0.25, 0.3) is 0 Å². The molecule has 0 aliphatic carbocycles. The molecule has 0 spiro atoms. The summed E-state index contributed by atoms with van der Waals surface area (Å²) in [5.41, 5.74) is 2.11. The number of hydrogen-bond acceptors (Lipinski definition) is 5. The summed E-state index contributed by atoms with van der Waals surface area (Å²) >= 11 is 7.93. The lowest BCUT2D eigenvalue weighted by Gasteiger charge is -2.28. The van der Waals surface area contributed by atoms with Crippen LogP contribution in [-0.2, 0) is 4.74 Å². The second-order valence-corrected chi connectivity index (χ2v) is 9.40. The highest BCUT2D eigenvalue weighted by Gasteiger charge is 2.33. The molecule has 1 aromatic carbocycles. The van der Waals surface area contributed by atoms with Crippen LogP contribution in [0.5, 0.6) is 0 Å². The van der Waals surface area contributed by atoms with Crippen LogP contribution in [0, 0.1) is 12.3 Å². The molecule has 0 radical (unpaired) electrons. The minimum absolute atomic E-state index is 0.365. The molecule has 1 atom stereocenters. The van der Waals surface area contributed by atoms with Crippen molar-refractivity contribution in [1.29, 1.82) is 0 Å². The third-order valence-electron chi connectivity index (χ3n) is 4.35. The topological polar surface area (TPSA) is 69.0 Å². The normalized spacial score (nSPS) is 12.5. The van der Waals surface area contributed by atoms with E-state index >= 15 is 0 Å². The van der Waals surface area contributed by atoms with Gasteiger partial charge < -0.3 is 10.1 Å². The lowest BCUT2D eigenvalue weighted by molar-refractivity contribution is 0.0284. The van der Waals surface area contributed by atoms with Crippen LogP contribution in [0.25, 0.3) is 5.69 Å². The maximum absolute atomic E-state index is 12.0. The van der Waals surface area contributed by atoms with Crippen LogP contribution in [0.15, 0.2) is 58.7 Å². The van der Waals surface area contributed by atoms with E-state index in [1.165, 1.54) is 18.8 Å². The fraction of sp³-hybridized carbons (Fsp3) is 0.318. The summed E-state index contributed by atoms with van der Waals surface area (Å²) in [6.07, 6.45) is 0.773. The number of aryl methyl sites for hydroxylation is 1. The van der Waals surface area contributed by atoms with Crippen LogP contribution in [0.4, 0.5) is 4.79 Å². The Kier molecular flexibility index (Phi) is 6.73. The van der Waals surface area contributed by atoms with Crippen molar-refractivity contribution in [2.45, 2.75) is 43.9 Å². The van der Waals surface area contributed by atoms with Crippen LogP contribution < -0.4 is 5.32 Å². The molecule has 0 saturated heterocycles. The maximum atomic E-state index is 12.0. The third-order valence-corrected chi connectivity index (χ3v) is 5.62. The zero-order valence-electron chi connectivity index (χ0n) is 17.6. The highest BCUT2D eigenvalue weighted by atomic mass is 35.5. The number of alkyl carbamates (subject to hydrolysis) is 1. The van der Waals surface area contributed by atoms with Crippen molar-refractivity contribution in [3.8, 4) is 5.69 Å². The van der Waals surface area contributed by atoms with E-state index in [2.05, 4.69) is 10.3 Å². The van der Waals surface area contributed by atoms with Gasteiger partial charge in [-0.25, -0.2) is 14.5 Å². The molecule has 0 fully saturated rings. The predicted molar refractivity (Wildman–Crippen MR) is 119 cm³/mol. The molecule has 0 bridgehead atoms. The van der Waals surface area contributed by atoms with Gasteiger partial charge in [-0.15, -0.1) is 0 Å². The zero-order chi connectivity index (χ0) is 21.9. The molecule has 8 heteroatoms. The summed E-state index contributed by atoms with van der Waals surface area (Å²) in [4.78, 5) is 16.5. The minimum atomic E-state index is -0.550. The second-order valence-electron chi connectivity index (χ2n) is 7.95. The van der Waals surface area contributed by atoms with Crippen LogP contribution >= 0.6 is 23.4 Å². The first-order chi connectivity index (χ1) is 14.2. The fourth-order valence-corrected chi connectivity index (χ4v) is 3.92. The first-order valence-electron chi connectivity index (χ1n) is 9.53. The Bertz CT molecular complexity index is 1030. The number of ether oxygens (including phenoxy) is 1. The van der Waals surface area contributed by atoms with Gasteiger partial charge in [-0.1, -0.05) is 50.6 Å². The van der Waals surface area contributed by atoms with Crippen molar-refractivity contribution >= 4 is 29.5 Å². The van der Waals surface area contributed by atoms with E-state index in [1.807, 2.05) is 76.4 Å². The second kappa shape index (κ2) is 9.10. The van der Waals surface area contributed by atoms with Gasteiger partial charge in [0.15, 0.2) is 6.10 Å². The van der Waals surface area contributed by atoms with Gasteiger partial charge in [-0.2, -0.15) is 5.10 Å². The summed E-state index contributed by atoms with van der Waals surface area (Å²) in [6, 6.07) is 13.4. The standard InChI is InChI=1S/C22H25ClN4O2S/c1-14-10-11-18(25-13-14)30-19-12-16(20(22(2,3)4)29-21(28)24-5)26-27(19)17-9-7-6-8-15(17)23/h6-13,20H,1-5H3,(H,24,28). The number of benzene rings is 1. The molecule has 6 nitrogen and oxygen atoms in total. The van der Waals surface area contributed by atoms with Gasteiger partial charge in [-0.3, -0.25) is 0 Å². The van der Waals surface area contributed by atoms with Crippen molar-refractivity contribution in [2.24, 2.45) is 5.41 Å². The number of aromatic nitrogens is 3. The SMILES string of the molecule is CNC(=O)OC(c1cc(Sc2ccc(C)cn2)n(-c2ccccc2Cl)n1)C(C)(C)C. The van der Waals surface area contributed by atoms with Crippen molar-refractivity contribution < 1.29 is 9.53 Å². The zero-order valence-corrected chi connectivity index (χ0v) is 19.2. The molecule has 158 valence electrons. The predicted octanol–water partition coefficient (Wildman–Crippen LogP) is 5.82. The summed E-state index contributed by atoms with van der Waals surface area (Å²) in [7, 11) is 1.54. The summed E-state index contributed by atoms with van der Waals surface area (Å²) in [6.45, 7) is 8.01. The maximum Gasteiger partial charge on any atom is 0.407 e. The van der Waals surface area contributed by atoms with Gasteiger partial charge in [0.1, 0.15) is 15.7 Å². The molecule has 1 amide bonds. The van der Waals surface area contributed by atoms with Crippen molar-refractivity contribution in [3.05, 3.63) is 64.9 Å². The average molecular weight is 445 g/mol. The Morgan fingerprint density at radius 1 is 1.23 bits per heavy atom. The van der Waals surface area contributed by atoms with Crippen molar-refractivity contribution in [3.63, 3.8) is 0 Å². The van der Waals surface area contributed by atoms with Gasteiger partial charge in [0.2, 0.25) is 0 Å². The van der Waals surface area contributed by atoms with E-state index in [1.54, 1.807) is 4.68 Å². The van der Waals surface area contributed by atoms with E-state index in [0.29, 0.717) is 10.7 Å². The Morgan fingerprint density at radius 2 is 1.97 bits per heavy atom. The molecular weight excluding hydrogens is 420 g/mol. The molecule has 1 unspecified atom stereocenters. The molecule has 2 aromatic heterocycles. The van der Waals surface area contributed by atoms with Gasteiger partial charge in [0.05, 0.1) is 10.7 Å². The van der Waals surface area contributed by atoms with Crippen molar-refractivity contribution in [2.75, 3.05) is 7.05 Å². The number of halogens is 1. The molecule has 2 heterocycles. The van der Waals surface area contributed by atoms with Crippen LogP contribution in [0.3, 0.4) is 0 Å². The van der Waals surface area contributed by atoms with Crippen molar-refractivity contribution in [1.82, 2.24) is 20.1 Å². The monoisotopic (exact) mass is 444 g/mol. The lowest BCUT2D eigenvalue weighted by atomic mass is 9.87. The summed E-state index contributed by atoms with van der Waals surface area (Å²) in [5, 5.41) is 9.53. The molecule has 30 heavy (non-hydrogen) atoms. The Morgan fingerprint density at radius 3 is 2.57 bits per heavy atom. The van der Waals surface area contributed by atoms with E-state index in [4.69, 9.17) is 21.4 Å². The summed E-state index contributed by atoms with van der Waals surface area (Å²) < 4.78 is 7.44. The highest BCUT2D eigenvalue weighted by Crippen LogP contribution is 2.39. The van der Waals surface area contributed by atoms with Gasteiger partial charge in [-0.05, 0) is 48.5 Å². The Labute approximate surface area is 186 Å². The highest BCUT2D eigenvalue weighted by molar-refractivity contribution is 7.99. The van der Waals surface area contributed by atoms with Crippen LogP contribution in [-0.4, -0.2) is 27.9 Å². The molecule has 0 saturated carbocycles. The van der Waals surface area contributed by atoms with E-state index in [9.17, 15) is 4.79 Å². The lowest BCUT2D eigenvalue weighted by Crippen LogP contribution is -2.29. The largest absolute Gasteiger partial charge is 0.439 e. The Hall–Kier alpha value is -2.51. The van der Waals surface area contributed by atoms with E-state index < -0.39 is 12.2 Å². The molecule has 0 aliphatic rings. The number of rotatable bonds is 5. The average Bonchev–Trinajstić information content (AvgIpc) is 3.10. The quantitative estimate of drug-likeness (QED) is 0.536. The third kappa shape index (κ3) is 5.15. The van der Waals surface area contributed by atoms with Gasteiger partial charge >= 0.3 is 6.09 Å². The molecule has 0 aliphatic heterocycles. The minimum Gasteiger partial charge on any atom is -0.439 e. The van der Waals surface area contributed by atoms with Crippen LogP contribution in [0.2, 0.25) is 5.02 Å². The number of pyridine rings is 1. The number of carbonyl (C=O) groups excluding carboxylic acids is 1. The number of nitrogens with one attached hydrogen (secondary N) is 1.